The second-order valence-corrected chi connectivity index (χ2v) is 3.11. The van der Waals surface area contributed by atoms with Gasteiger partial charge in [0.15, 0.2) is 0 Å². The summed E-state index contributed by atoms with van der Waals surface area (Å²) in [4.78, 5) is 0. The first-order valence-electron chi connectivity index (χ1n) is 4.13. The Balaban J connectivity index is 2.78. The third kappa shape index (κ3) is 2.15. The molecule has 66 valence electrons. The van der Waals surface area contributed by atoms with Gasteiger partial charge in [0, 0.05) is 0 Å². The van der Waals surface area contributed by atoms with E-state index in [1.54, 1.807) is 0 Å². The van der Waals surface area contributed by atoms with Crippen LogP contribution in [0, 0.1) is 6.92 Å². The Bertz CT molecular complexity index is 258. The fourth-order valence-corrected chi connectivity index (χ4v) is 1.12. The van der Waals surface area contributed by atoms with Gasteiger partial charge in [-0.3, -0.25) is 0 Å². The van der Waals surface area contributed by atoms with Crippen LogP contribution in [0.3, 0.4) is 0 Å². The lowest BCUT2D eigenvalue weighted by Gasteiger charge is -2.07. The van der Waals surface area contributed by atoms with Crippen LogP contribution in [0.4, 0.5) is 0 Å². The van der Waals surface area contributed by atoms with Crippen molar-refractivity contribution in [3.63, 3.8) is 0 Å². The van der Waals surface area contributed by atoms with Crippen molar-refractivity contribution in [3.05, 3.63) is 28.8 Å². The Morgan fingerprint density at radius 3 is 2.83 bits per heavy atom. The van der Waals surface area contributed by atoms with Gasteiger partial charge in [-0.25, -0.2) is 0 Å². The predicted molar refractivity (Wildman–Crippen MR) is 52.0 cm³/mol. The van der Waals surface area contributed by atoms with Gasteiger partial charge >= 0.3 is 0 Å². The summed E-state index contributed by atoms with van der Waals surface area (Å²) in [7, 11) is 0. The van der Waals surface area contributed by atoms with E-state index in [1.165, 1.54) is 0 Å². The zero-order chi connectivity index (χ0) is 8.97. The van der Waals surface area contributed by atoms with E-state index in [1.807, 2.05) is 25.1 Å². The summed E-state index contributed by atoms with van der Waals surface area (Å²) < 4.78 is 5.43. The van der Waals surface area contributed by atoms with E-state index < -0.39 is 0 Å². The van der Waals surface area contributed by atoms with Crippen molar-refractivity contribution in [1.29, 1.82) is 0 Å². The first-order valence-corrected chi connectivity index (χ1v) is 4.51. The smallest absolute Gasteiger partial charge is 0.138 e. The summed E-state index contributed by atoms with van der Waals surface area (Å²) in [6, 6.07) is 5.82. The molecule has 0 radical (unpaired) electrons. The van der Waals surface area contributed by atoms with Crippen molar-refractivity contribution < 1.29 is 4.74 Å². The van der Waals surface area contributed by atoms with Crippen LogP contribution in [-0.2, 0) is 0 Å². The molecule has 0 N–H and O–H groups in total. The number of hydrogen-bond donors (Lipinski definition) is 0. The van der Waals surface area contributed by atoms with Gasteiger partial charge in [-0.1, -0.05) is 30.7 Å². The highest BCUT2D eigenvalue weighted by atomic mass is 35.5. The topological polar surface area (TPSA) is 9.23 Å². The first kappa shape index (κ1) is 9.40. The number of ether oxygens (including phenoxy) is 1. The molecule has 0 saturated carbocycles. The third-order valence-corrected chi connectivity index (χ3v) is 2.10. The molecule has 0 atom stereocenters. The van der Waals surface area contributed by atoms with Gasteiger partial charge in [0.05, 0.1) is 11.6 Å². The SMILES string of the molecule is CCCOc1cccc(C)c1Cl. The molecular weight excluding hydrogens is 172 g/mol. The summed E-state index contributed by atoms with van der Waals surface area (Å²) >= 11 is 6.00. The fourth-order valence-electron chi connectivity index (χ4n) is 0.944. The van der Waals surface area contributed by atoms with E-state index in [0.29, 0.717) is 0 Å². The van der Waals surface area contributed by atoms with E-state index in [4.69, 9.17) is 16.3 Å². The van der Waals surface area contributed by atoms with Crippen molar-refractivity contribution in [2.75, 3.05) is 6.61 Å². The lowest BCUT2D eigenvalue weighted by Crippen LogP contribution is -1.95. The summed E-state index contributed by atoms with van der Waals surface area (Å²) in [5.41, 5.74) is 1.06. The number of rotatable bonds is 3. The second kappa shape index (κ2) is 4.36. The van der Waals surface area contributed by atoms with Crippen LogP contribution >= 0.6 is 11.6 Å². The van der Waals surface area contributed by atoms with Gasteiger partial charge in [-0.15, -0.1) is 0 Å². The first-order chi connectivity index (χ1) is 5.75. The predicted octanol–water partition coefficient (Wildman–Crippen LogP) is 3.44. The van der Waals surface area contributed by atoms with Crippen LogP contribution in [0.15, 0.2) is 18.2 Å². The van der Waals surface area contributed by atoms with Crippen LogP contribution in [0.5, 0.6) is 5.75 Å². The average Bonchev–Trinajstić information content (AvgIpc) is 2.08. The Labute approximate surface area is 78.3 Å². The monoisotopic (exact) mass is 184 g/mol. The molecule has 0 unspecified atom stereocenters. The quantitative estimate of drug-likeness (QED) is 0.700. The van der Waals surface area contributed by atoms with Crippen molar-refractivity contribution in [3.8, 4) is 5.75 Å². The Morgan fingerprint density at radius 1 is 1.42 bits per heavy atom. The minimum atomic E-state index is 0.725. The van der Waals surface area contributed by atoms with Gasteiger partial charge in [0.1, 0.15) is 5.75 Å². The molecule has 0 heterocycles. The molecule has 0 aromatic heterocycles. The van der Waals surface area contributed by atoms with Crippen molar-refractivity contribution in [1.82, 2.24) is 0 Å². The molecule has 0 saturated heterocycles. The fraction of sp³-hybridized carbons (Fsp3) is 0.400. The Morgan fingerprint density at radius 2 is 2.17 bits per heavy atom. The lowest BCUT2D eigenvalue weighted by atomic mass is 10.2. The summed E-state index contributed by atoms with van der Waals surface area (Å²) in [5, 5.41) is 0.728. The molecular formula is C10H13ClO. The minimum Gasteiger partial charge on any atom is -0.492 e. The highest BCUT2D eigenvalue weighted by Crippen LogP contribution is 2.27. The summed E-state index contributed by atoms with van der Waals surface area (Å²) in [6.07, 6.45) is 1.00. The number of halogens is 1. The van der Waals surface area contributed by atoms with E-state index in [-0.39, 0.29) is 0 Å². The second-order valence-electron chi connectivity index (χ2n) is 2.74. The zero-order valence-corrected chi connectivity index (χ0v) is 8.19. The molecule has 0 aliphatic carbocycles. The number of benzene rings is 1. The van der Waals surface area contributed by atoms with Crippen LogP contribution in [0.25, 0.3) is 0 Å². The highest BCUT2D eigenvalue weighted by molar-refractivity contribution is 6.32. The third-order valence-electron chi connectivity index (χ3n) is 1.62. The summed E-state index contributed by atoms with van der Waals surface area (Å²) in [5.74, 6) is 0.790. The van der Waals surface area contributed by atoms with Crippen LogP contribution in [0.1, 0.15) is 18.9 Å². The van der Waals surface area contributed by atoms with Gasteiger partial charge in [-0.2, -0.15) is 0 Å². The average molecular weight is 185 g/mol. The van der Waals surface area contributed by atoms with Gasteiger partial charge in [0.2, 0.25) is 0 Å². The van der Waals surface area contributed by atoms with Gasteiger partial charge < -0.3 is 4.74 Å². The molecule has 1 aromatic carbocycles. The minimum absolute atomic E-state index is 0.725. The van der Waals surface area contributed by atoms with Crippen LogP contribution in [0.2, 0.25) is 5.02 Å². The molecule has 0 amide bonds. The molecule has 12 heavy (non-hydrogen) atoms. The normalized spacial score (nSPS) is 9.92. The standard InChI is InChI=1S/C10H13ClO/c1-3-7-12-9-6-4-5-8(2)10(9)11/h4-6H,3,7H2,1-2H3. The van der Waals surface area contributed by atoms with Crippen LogP contribution < -0.4 is 4.74 Å². The molecule has 0 bridgehead atoms. The van der Waals surface area contributed by atoms with Crippen LogP contribution in [-0.4, -0.2) is 6.61 Å². The van der Waals surface area contributed by atoms with Crippen molar-refractivity contribution >= 4 is 11.6 Å². The van der Waals surface area contributed by atoms with E-state index in [9.17, 15) is 0 Å². The molecule has 0 aliphatic rings. The lowest BCUT2D eigenvalue weighted by molar-refractivity contribution is 0.317. The largest absolute Gasteiger partial charge is 0.492 e. The maximum Gasteiger partial charge on any atom is 0.138 e. The van der Waals surface area contributed by atoms with E-state index in [2.05, 4.69) is 6.92 Å². The van der Waals surface area contributed by atoms with Crippen molar-refractivity contribution in [2.24, 2.45) is 0 Å². The number of hydrogen-bond acceptors (Lipinski definition) is 1. The Hall–Kier alpha value is -0.690. The maximum absolute atomic E-state index is 6.00. The Kier molecular flexibility index (Phi) is 3.42. The highest BCUT2D eigenvalue weighted by Gasteiger charge is 2.01. The van der Waals surface area contributed by atoms with Gasteiger partial charge in [0.25, 0.3) is 0 Å². The summed E-state index contributed by atoms with van der Waals surface area (Å²) in [6.45, 7) is 4.77. The zero-order valence-electron chi connectivity index (χ0n) is 7.43. The van der Waals surface area contributed by atoms with Crippen molar-refractivity contribution in [2.45, 2.75) is 20.3 Å². The molecule has 0 spiro atoms. The molecule has 0 fully saturated rings. The molecule has 1 nitrogen and oxygen atoms in total. The molecule has 0 aliphatic heterocycles. The molecule has 1 aromatic rings. The molecule has 2 heteroatoms. The van der Waals surface area contributed by atoms with E-state index >= 15 is 0 Å². The van der Waals surface area contributed by atoms with E-state index in [0.717, 1.165) is 29.4 Å². The van der Waals surface area contributed by atoms with Gasteiger partial charge in [-0.05, 0) is 25.0 Å². The number of aryl methyl sites for hydroxylation is 1. The molecule has 1 rings (SSSR count). The maximum atomic E-state index is 6.00.